The van der Waals surface area contributed by atoms with E-state index in [0.717, 1.165) is 0 Å². The molecule has 4 rings (SSSR count). The Hall–Kier alpha value is -3.94. The summed E-state index contributed by atoms with van der Waals surface area (Å²) in [6, 6.07) is 15.6. The van der Waals surface area contributed by atoms with E-state index in [0.29, 0.717) is 11.0 Å². The van der Waals surface area contributed by atoms with E-state index < -0.39 is 26.1 Å². The largest absolute Gasteiger partial charge is 0.492 e. The molecule has 0 atom stereocenters. The standard InChI is InChI=1S/C24H23ClN4O7S2/c1-3-35-21-11-9-17(27-24(30)26-2)14-22(21)37(31,32)28-18-10-8-16(25)13-19(18)29-38(33,34)23-12-15-6-4-5-7-20(15)36-23/h4-14,28-29H,3H2,1-2H3,(H2,26,27,30). The maximum Gasteiger partial charge on any atom is 0.318 e. The number of para-hydroxylation sites is 1. The third kappa shape index (κ3) is 5.96. The van der Waals surface area contributed by atoms with Crippen LogP contribution in [0.3, 0.4) is 0 Å². The van der Waals surface area contributed by atoms with Crippen molar-refractivity contribution in [1.82, 2.24) is 5.32 Å². The van der Waals surface area contributed by atoms with Gasteiger partial charge in [-0.1, -0.05) is 29.8 Å². The van der Waals surface area contributed by atoms with Gasteiger partial charge in [0.25, 0.3) is 20.0 Å². The lowest BCUT2D eigenvalue weighted by Gasteiger charge is -2.17. The van der Waals surface area contributed by atoms with Crippen molar-refractivity contribution in [2.45, 2.75) is 16.9 Å². The van der Waals surface area contributed by atoms with E-state index in [9.17, 15) is 21.6 Å². The number of halogens is 1. The molecule has 2 amide bonds. The number of nitrogens with one attached hydrogen (secondary N) is 4. The molecule has 0 aliphatic heterocycles. The summed E-state index contributed by atoms with van der Waals surface area (Å²) in [4.78, 5) is 11.4. The predicted molar refractivity (Wildman–Crippen MR) is 145 cm³/mol. The zero-order valence-corrected chi connectivity index (χ0v) is 22.5. The quantitative estimate of drug-likeness (QED) is 0.221. The van der Waals surface area contributed by atoms with Crippen LogP contribution in [0.15, 0.2) is 81.1 Å². The number of rotatable bonds is 9. The molecule has 0 radical (unpaired) electrons. The Morgan fingerprint density at radius 3 is 2.37 bits per heavy atom. The number of amides is 2. The number of fused-ring (bicyclic) bond motifs is 1. The van der Waals surface area contributed by atoms with Gasteiger partial charge in [-0.15, -0.1) is 0 Å². The highest BCUT2D eigenvalue weighted by Crippen LogP contribution is 2.34. The van der Waals surface area contributed by atoms with Crippen LogP contribution in [0, 0.1) is 0 Å². The summed E-state index contributed by atoms with van der Waals surface area (Å²) in [5, 5.41) is 5.24. The Morgan fingerprint density at radius 2 is 1.66 bits per heavy atom. The maximum absolute atomic E-state index is 13.4. The topological polar surface area (TPSA) is 156 Å². The molecule has 200 valence electrons. The predicted octanol–water partition coefficient (Wildman–Crippen LogP) is 4.84. The summed E-state index contributed by atoms with van der Waals surface area (Å²) in [6.45, 7) is 1.86. The van der Waals surface area contributed by atoms with Crippen molar-refractivity contribution in [3.05, 3.63) is 71.8 Å². The summed E-state index contributed by atoms with van der Waals surface area (Å²) in [7, 11) is -7.20. The first-order valence-electron chi connectivity index (χ1n) is 11.1. The van der Waals surface area contributed by atoms with Crippen LogP contribution in [0.25, 0.3) is 11.0 Å². The molecule has 4 N–H and O–H groups in total. The van der Waals surface area contributed by atoms with E-state index in [-0.39, 0.29) is 44.4 Å². The van der Waals surface area contributed by atoms with E-state index in [1.165, 1.54) is 49.5 Å². The van der Waals surface area contributed by atoms with Gasteiger partial charge < -0.3 is 19.8 Å². The molecular weight excluding hydrogens is 556 g/mol. The van der Waals surface area contributed by atoms with Crippen molar-refractivity contribution in [1.29, 1.82) is 0 Å². The zero-order chi connectivity index (χ0) is 27.5. The first kappa shape index (κ1) is 27.1. The van der Waals surface area contributed by atoms with E-state index in [4.69, 9.17) is 20.8 Å². The number of benzene rings is 3. The van der Waals surface area contributed by atoms with Gasteiger partial charge in [0.1, 0.15) is 16.2 Å². The van der Waals surface area contributed by atoms with Crippen molar-refractivity contribution in [3.63, 3.8) is 0 Å². The van der Waals surface area contributed by atoms with Gasteiger partial charge in [0.05, 0.1) is 18.0 Å². The fourth-order valence-electron chi connectivity index (χ4n) is 3.44. The Kier molecular flexibility index (Phi) is 7.71. The Balaban J connectivity index is 1.70. The highest BCUT2D eigenvalue weighted by molar-refractivity contribution is 7.93. The number of ether oxygens (including phenoxy) is 1. The van der Waals surface area contributed by atoms with Gasteiger partial charge >= 0.3 is 6.03 Å². The number of furan rings is 1. The maximum atomic E-state index is 13.4. The van der Waals surface area contributed by atoms with Gasteiger partial charge in [-0.2, -0.15) is 8.42 Å². The van der Waals surface area contributed by atoms with Crippen LogP contribution in [-0.2, 0) is 20.0 Å². The first-order chi connectivity index (χ1) is 18.0. The fourth-order valence-corrected chi connectivity index (χ4v) is 5.90. The van der Waals surface area contributed by atoms with E-state index in [1.807, 2.05) is 0 Å². The molecule has 0 fully saturated rings. The number of sulfonamides is 2. The van der Waals surface area contributed by atoms with Gasteiger partial charge in [0, 0.05) is 29.2 Å². The second-order valence-electron chi connectivity index (χ2n) is 7.80. The lowest BCUT2D eigenvalue weighted by molar-refractivity contribution is 0.254. The minimum Gasteiger partial charge on any atom is -0.492 e. The van der Waals surface area contributed by atoms with Crippen LogP contribution in [0.4, 0.5) is 21.9 Å². The highest BCUT2D eigenvalue weighted by Gasteiger charge is 2.25. The van der Waals surface area contributed by atoms with Crippen LogP contribution in [0.1, 0.15) is 6.92 Å². The smallest absolute Gasteiger partial charge is 0.318 e. The van der Waals surface area contributed by atoms with Crippen LogP contribution < -0.4 is 24.8 Å². The SMILES string of the molecule is CCOc1ccc(NC(=O)NC)cc1S(=O)(=O)Nc1ccc(Cl)cc1NS(=O)(=O)c1cc2ccccc2o1. The number of anilines is 3. The minimum atomic E-state index is -4.36. The molecule has 0 bridgehead atoms. The monoisotopic (exact) mass is 578 g/mol. The van der Waals surface area contributed by atoms with Crippen molar-refractivity contribution in [3.8, 4) is 5.75 Å². The second kappa shape index (κ2) is 10.8. The van der Waals surface area contributed by atoms with E-state index in [2.05, 4.69) is 20.1 Å². The minimum absolute atomic E-state index is 0.0285. The van der Waals surface area contributed by atoms with Gasteiger partial charge in [-0.05, 0) is 49.4 Å². The number of carbonyl (C=O) groups is 1. The van der Waals surface area contributed by atoms with Crippen LogP contribution >= 0.6 is 11.6 Å². The number of urea groups is 1. The molecule has 0 saturated heterocycles. The molecule has 14 heteroatoms. The molecule has 1 heterocycles. The molecule has 0 aliphatic carbocycles. The molecule has 0 aliphatic rings. The third-order valence-corrected chi connectivity index (χ3v) is 8.00. The van der Waals surface area contributed by atoms with Gasteiger partial charge in [0.15, 0.2) is 0 Å². The molecule has 0 unspecified atom stereocenters. The summed E-state index contributed by atoms with van der Waals surface area (Å²) in [5.41, 5.74) is 0.309. The number of carbonyl (C=O) groups excluding carboxylic acids is 1. The van der Waals surface area contributed by atoms with E-state index >= 15 is 0 Å². The van der Waals surface area contributed by atoms with Gasteiger partial charge in [-0.25, -0.2) is 13.2 Å². The van der Waals surface area contributed by atoms with Crippen LogP contribution in [0.2, 0.25) is 5.02 Å². The highest BCUT2D eigenvalue weighted by atomic mass is 35.5. The molecule has 0 spiro atoms. The molecule has 3 aromatic carbocycles. The lowest BCUT2D eigenvalue weighted by atomic mass is 10.3. The molecule has 1 aromatic heterocycles. The molecule has 4 aromatic rings. The first-order valence-corrected chi connectivity index (χ1v) is 14.5. The Bertz CT molecular complexity index is 1690. The van der Waals surface area contributed by atoms with Crippen molar-refractivity contribution < 1.29 is 30.8 Å². The summed E-state index contributed by atoms with van der Waals surface area (Å²) in [5.74, 6) is 0.0285. The van der Waals surface area contributed by atoms with Crippen molar-refractivity contribution >= 4 is 65.7 Å². The molecular formula is C24H23ClN4O7S2. The zero-order valence-electron chi connectivity index (χ0n) is 20.1. The third-order valence-electron chi connectivity index (χ3n) is 5.16. The molecule has 38 heavy (non-hydrogen) atoms. The van der Waals surface area contributed by atoms with Crippen LogP contribution in [0.5, 0.6) is 5.75 Å². The number of hydrogen-bond donors (Lipinski definition) is 4. The summed E-state index contributed by atoms with van der Waals surface area (Å²) >= 11 is 6.09. The fraction of sp³-hybridized carbons (Fsp3) is 0.125. The second-order valence-corrected chi connectivity index (χ2v) is 11.5. The number of hydrogen-bond acceptors (Lipinski definition) is 7. The molecule has 11 nitrogen and oxygen atoms in total. The van der Waals surface area contributed by atoms with Crippen molar-refractivity contribution in [2.75, 3.05) is 28.4 Å². The van der Waals surface area contributed by atoms with Crippen molar-refractivity contribution in [2.24, 2.45) is 0 Å². The average Bonchev–Trinajstić information content (AvgIpc) is 3.32. The molecule has 0 saturated carbocycles. The average molecular weight is 579 g/mol. The normalized spacial score (nSPS) is 11.7. The lowest BCUT2D eigenvalue weighted by Crippen LogP contribution is -2.24. The van der Waals surface area contributed by atoms with Gasteiger partial charge in [-0.3, -0.25) is 9.44 Å². The van der Waals surface area contributed by atoms with Gasteiger partial charge in [0.2, 0.25) is 5.09 Å². The van der Waals surface area contributed by atoms with E-state index in [1.54, 1.807) is 31.2 Å². The van der Waals surface area contributed by atoms with Crippen LogP contribution in [-0.4, -0.2) is 36.5 Å². The summed E-state index contributed by atoms with van der Waals surface area (Å²) in [6.07, 6.45) is 0. The Morgan fingerprint density at radius 1 is 0.921 bits per heavy atom. The Labute approximate surface area is 224 Å². The summed E-state index contributed by atoms with van der Waals surface area (Å²) < 4.78 is 68.7.